The van der Waals surface area contributed by atoms with E-state index in [-0.39, 0.29) is 25.0 Å². The van der Waals surface area contributed by atoms with Gasteiger partial charge in [0.05, 0.1) is 0 Å². The first-order valence-corrected chi connectivity index (χ1v) is 11.1. The lowest BCUT2D eigenvalue weighted by molar-refractivity contribution is -0.159. The molecule has 2 aliphatic rings. The van der Waals surface area contributed by atoms with Crippen molar-refractivity contribution in [3.05, 3.63) is 0 Å². The highest BCUT2D eigenvalue weighted by Gasteiger charge is 2.34. The van der Waals surface area contributed by atoms with Crippen LogP contribution in [0.1, 0.15) is 90.9 Å². The quantitative estimate of drug-likeness (QED) is 0.480. The van der Waals surface area contributed by atoms with Crippen LogP contribution >= 0.6 is 0 Å². The summed E-state index contributed by atoms with van der Waals surface area (Å²) in [5.74, 6) is -0.251. The first-order valence-electron chi connectivity index (χ1n) is 11.1. The molecular weight excluding hydrogens is 366 g/mol. The normalized spacial score (nSPS) is 30.3. The highest BCUT2D eigenvalue weighted by molar-refractivity contribution is 5.75. The Bertz CT molecular complexity index is 439. The monoisotopic (exact) mass is 402 g/mol. The van der Waals surface area contributed by atoms with Gasteiger partial charge in [-0.05, 0) is 76.0 Å². The molecule has 2 fully saturated rings. The van der Waals surface area contributed by atoms with Gasteiger partial charge >= 0.3 is 11.9 Å². The maximum Gasteiger partial charge on any atom is 0.340 e. The number of hydrogen-bond acceptors (Lipinski definition) is 4. The average Bonchev–Trinajstić information content (AvgIpc) is 2.69. The Labute approximate surface area is 167 Å². The molecular formula is C22H36F2O4. The Morgan fingerprint density at radius 2 is 1.04 bits per heavy atom. The molecule has 162 valence electrons. The average molecular weight is 403 g/mol. The Morgan fingerprint density at radius 3 is 1.32 bits per heavy atom. The molecule has 2 rings (SSSR count). The highest BCUT2D eigenvalue weighted by Crippen LogP contribution is 2.39. The minimum Gasteiger partial charge on any atom is -0.460 e. The van der Waals surface area contributed by atoms with E-state index in [9.17, 15) is 18.4 Å². The largest absolute Gasteiger partial charge is 0.460 e. The summed E-state index contributed by atoms with van der Waals surface area (Å²) in [6, 6.07) is 0. The summed E-state index contributed by atoms with van der Waals surface area (Å²) in [5.41, 5.74) is 0. The molecule has 0 amide bonds. The lowest BCUT2D eigenvalue weighted by atomic mass is 9.72. The van der Waals surface area contributed by atoms with Crippen molar-refractivity contribution >= 4 is 11.9 Å². The molecule has 0 N–H and O–H groups in total. The van der Waals surface area contributed by atoms with E-state index in [2.05, 4.69) is 0 Å². The first-order chi connectivity index (χ1) is 13.4. The van der Waals surface area contributed by atoms with Crippen LogP contribution in [0.3, 0.4) is 0 Å². The van der Waals surface area contributed by atoms with Gasteiger partial charge in [-0.3, -0.25) is 0 Å². The van der Waals surface area contributed by atoms with Gasteiger partial charge in [-0.25, -0.2) is 18.4 Å². The van der Waals surface area contributed by atoms with E-state index >= 15 is 0 Å². The van der Waals surface area contributed by atoms with Gasteiger partial charge in [0.15, 0.2) is 12.3 Å². The Hall–Kier alpha value is -1.20. The summed E-state index contributed by atoms with van der Waals surface area (Å²) in [7, 11) is 0. The van der Waals surface area contributed by atoms with Crippen molar-refractivity contribution in [3.8, 4) is 0 Å². The fraction of sp³-hybridized carbons (Fsp3) is 0.909. The second-order valence-corrected chi connectivity index (χ2v) is 8.46. The molecule has 0 saturated heterocycles. The molecule has 2 aliphatic carbocycles. The maximum atomic E-state index is 13.6. The van der Waals surface area contributed by atoms with Gasteiger partial charge in [0.25, 0.3) is 0 Å². The number of esters is 2. The molecule has 0 aromatic rings. The number of carbonyl (C=O) groups excluding carboxylic acids is 2. The lowest BCUT2D eigenvalue weighted by Crippen LogP contribution is -2.34. The summed E-state index contributed by atoms with van der Waals surface area (Å²) in [5, 5.41) is 0. The molecule has 28 heavy (non-hydrogen) atoms. The van der Waals surface area contributed by atoms with E-state index < -0.39 is 24.3 Å². The van der Waals surface area contributed by atoms with E-state index in [1.165, 1.54) is 0 Å². The zero-order valence-electron chi connectivity index (χ0n) is 17.3. The molecule has 0 unspecified atom stereocenters. The van der Waals surface area contributed by atoms with Gasteiger partial charge in [0.1, 0.15) is 12.2 Å². The molecule has 0 aromatic heterocycles. The number of ether oxygens (including phenoxy) is 2. The lowest BCUT2D eigenvalue weighted by Gasteiger charge is -2.37. The second kappa shape index (κ2) is 11.7. The zero-order chi connectivity index (χ0) is 20.5. The van der Waals surface area contributed by atoms with Crippen LogP contribution in [0.15, 0.2) is 0 Å². The van der Waals surface area contributed by atoms with Crippen molar-refractivity contribution in [1.29, 1.82) is 0 Å². The number of rotatable bonds is 9. The van der Waals surface area contributed by atoms with Crippen molar-refractivity contribution < 1.29 is 27.8 Å². The Morgan fingerprint density at radius 1 is 0.714 bits per heavy atom. The highest BCUT2D eigenvalue weighted by atomic mass is 19.1. The van der Waals surface area contributed by atoms with Gasteiger partial charge < -0.3 is 9.47 Å². The standard InChI is InChI=1S/C22H36F2O4/c1-3-5-19(23)21(25)27-17-11-7-15(8-12-17)16-9-13-18(14-10-16)28-22(26)20(24)6-4-2/h15-20H,3-14H2,1-2H3/t15?,16?,17?,18?,19-,20-/m1/s1. The molecule has 4 nitrogen and oxygen atoms in total. The van der Waals surface area contributed by atoms with Gasteiger partial charge in [0.2, 0.25) is 0 Å². The van der Waals surface area contributed by atoms with Crippen LogP contribution in [-0.2, 0) is 19.1 Å². The number of hydrogen-bond donors (Lipinski definition) is 0. The molecule has 0 heterocycles. The van der Waals surface area contributed by atoms with E-state index in [1.807, 2.05) is 13.8 Å². The van der Waals surface area contributed by atoms with Gasteiger partial charge in [-0.2, -0.15) is 0 Å². The number of halogens is 2. The molecule has 0 aromatic carbocycles. The molecule has 2 saturated carbocycles. The number of alkyl halides is 2. The summed E-state index contributed by atoms with van der Waals surface area (Å²) in [6.45, 7) is 3.70. The van der Waals surface area contributed by atoms with E-state index in [0.717, 1.165) is 51.4 Å². The molecule has 2 atom stereocenters. The van der Waals surface area contributed by atoms with Crippen molar-refractivity contribution in [2.24, 2.45) is 11.8 Å². The first kappa shape index (κ1) is 23.1. The van der Waals surface area contributed by atoms with E-state index in [0.29, 0.717) is 24.7 Å². The third kappa shape index (κ3) is 7.00. The molecule has 0 aliphatic heterocycles. The van der Waals surface area contributed by atoms with Crippen LogP contribution in [0.4, 0.5) is 8.78 Å². The topological polar surface area (TPSA) is 52.6 Å². The van der Waals surface area contributed by atoms with Crippen LogP contribution in [0, 0.1) is 11.8 Å². The smallest absolute Gasteiger partial charge is 0.340 e. The summed E-state index contributed by atoms with van der Waals surface area (Å²) in [4.78, 5) is 23.5. The van der Waals surface area contributed by atoms with Crippen molar-refractivity contribution in [1.82, 2.24) is 0 Å². The summed E-state index contributed by atoms with van der Waals surface area (Å²) >= 11 is 0. The van der Waals surface area contributed by atoms with Crippen LogP contribution in [0.25, 0.3) is 0 Å². The molecule has 0 radical (unpaired) electrons. The Balaban J connectivity index is 1.66. The maximum absolute atomic E-state index is 13.6. The minimum absolute atomic E-state index is 0.156. The third-order valence-corrected chi connectivity index (χ3v) is 6.27. The third-order valence-electron chi connectivity index (χ3n) is 6.27. The summed E-state index contributed by atoms with van der Waals surface area (Å²) in [6.07, 6.45) is 5.54. The van der Waals surface area contributed by atoms with Crippen LogP contribution < -0.4 is 0 Å². The second-order valence-electron chi connectivity index (χ2n) is 8.46. The van der Waals surface area contributed by atoms with Gasteiger partial charge in [-0.1, -0.05) is 26.7 Å². The molecule has 6 heteroatoms. The fourth-order valence-electron chi connectivity index (χ4n) is 4.57. The molecule has 0 spiro atoms. The predicted molar refractivity (Wildman–Crippen MR) is 103 cm³/mol. The van der Waals surface area contributed by atoms with Crippen molar-refractivity contribution in [2.75, 3.05) is 0 Å². The fourth-order valence-corrected chi connectivity index (χ4v) is 4.57. The number of carbonyl (C=O) groups is 2. The summed E-state index contributed by atoms with van der Waals surface area (Å²) < 4.78 is 37.9. The van der Waals surface area contributed by atoms with Gasteiger partial charge in [0, 0.05) is 0 Å². The van der Waals surface area contributed by atoms with Gasteiger partial charge in [-0.15, -0.1) is 0 Å². The minimum atomic E-state index is -1.50. The van der Waals surface area contributed by atoms with E-state index in [4.69, 9.17) is 9.47 Å². The van der Waals surface area contributed by atoms with Crippen molar-refractivity contribution in [3.63, 3.8) is 0 Å². The van der Waals surface area contributed by atoms with Crippen molar-refractivity contribution in [2.45, 2.75) is 115 Å². The van der Waals surface area contributed by atoms with Crippen LogP contribution in [-0.4, -0.2) is 36.5 Å². The predicted octanol–water partition coefficient (Wildman–Crippen LogP) is 5.47. The Kier molecular flexibility index (Phi) is 9.66. The SMILES string of the molecule is CCC[C@@H](F)C(=O)OC1CCC(C2CCC(OC(=O)[C@H](F)CCC)CC2)CC1. The van der Waals surface area contributed by atoms with E-state index in [1.54, 1.807) is 0 Å². The van der Waals surface area contributed by atoms with Crippen LogP contribution in [0.2, 0.25) is 0 Å². The zero-order valence-corrected chi connectivity index (χ0v) is 17.3. The van der Waals surface area contributed by atoms with Crippen LogP contribution in [0.5, 0.6) is 0 Å². The molecule has 0 bridgehead atoms.